The highest BCUT2D eigenvalue weighted by molar-refractivity contribution is 7.07. The van der Waals surface area contributed by atoms with Gasteiger partial charge < -0.3 is 18.6 Å². The Hall–Kier alpha value is -4.30. The lowest BCUT2D eigenvalue weighted by atomic mass is 9.85. The fourth-order valence-electron chi connectivity index (χ4n) is 5.42. The summed E-state index contributed by atoms with van der Waals surface area (Å²) < 4.78 is 26.0. The van der Waals surface area contributed by atoms with Gasteiger partial charge in [0.2, 0.25) is 6.79 Å². The molecule has 0 saturated heterocycles. The van der Waals surface area contributed by atoms with Crippen molar-refractivity contribution >= 4 is 17.4 Å². The van der Waals surface area contributed by atoms with Crippen LogP contribution in [0.15, 0.2) is 97.5 Å². The minimum absolute atomic E-state index is 0.122. The summed E-state index contributed by atoms with van der Waals surface area (Å²) in [5, 5.41) is 0. The lowest BCUT2D eigenvalue weighted by molar-refractivity contribution is 0.174. The average molecular weight is 553 g/mol. The molecule has 0 spiro atoms. The molecule has 0 radical (unpaired) electrons. The predicted octanol–water partition coefficient (Wildman–Crippen LogP) is 5.70. The van der Waals surface area contributed by atoms with Crippen LogP contribution in [-0.2, 0) is 4.74 Å². The third-order valence-electron chi connectivity index (χ3n) is 7.50. The average Bonchev–Trinajstić information content (AvgIpc) is 3.67. The zero-order chi connectivity index (χ0) is 27.2. The van der Waals surface area contributed by atoms with E-state index in [0.29, 0.717) is 33.2 Å². The van der Waals surface area contributed by atoms with Gasteiger partial charge in [0.05, 0.1) is 17.2 Å². The van der Waals surface area contributed by atoms with Crippen molar-refractivity contribution in [2.75, 3.05) is 13.4 Å². The van der Waals surface area contributed by atoms with Gasteiger partial charge in [-0.3, -0.25) is 9.36 Å². The summed E-state index contributed by atoms with van der Waals surface area (Å²) in [6.45, 7) is 4.72. The Morgan fingerprint density at radius 1 is 1.10 bits per heavy atom. The minimum Gasteiger partial charge on any atom is -0.493 e. The van der Waals surface area contributed by atoms with Gasteiger partial charge in [0.1, 0.15) is 17.3 Å². The van der Waals surface area contributed by atoms with Gasteiger partial charge in [0, 0.05) is 22.9 Å². The molecule has 202 valence electrons. The number of benzene rings is 2. The minimum atomic E-state index is -0.418. The summed E-state index contributed by atoms with van der Waals surface area (Å²) >= 11 is 1.37. The quantitative estimate of drug-likeness (QED) is 0.287. The molecule has 40 heavy (non-hydrogen) atoms. The summed E-state index contributed by atoms with van der Waals surface area (Å²) in [4.78, 5) is 19.7. The molecule has 4 aromatic rings. The second-order valence-corrected chi connectivity index (χ2v) is 11.0. The molecule has 2 aliphatic heterocycles. The second kappa shape index (κ2) is 10.0. The predicted molar refractivity (Wildman–Crippen MR) is 153 cm³/mol. The van der Waals surface area contributed by atoms with Crippen LogP contribution in [-0.4, -0.2) is 18.0 Å². The highest BCUT2D eigenvalue weighted by atomic mass is 32.1. The van der Waals surface area contributed by atoms with Crippen LogP contribution in [0.25, 0.3) is 17.4 Å². The number of ether oxygens (including phenoxy) is 3. The fraction of sp³-hybridized carbons (Fsp3) is 0.250. The Labute approximate surface area is 235 Å². The van der Waals surface area contributed by atoms with Crippen molar-refractivity contribution in [2.24, 2.45) is 4.99 Å². The molecule has 1 atom stereocenters. The molecule has 3 aliphatic rings. The van der Waals surface area contributed by atoms with Crippen LogP contribution < -0.4 is 24.4 Å². The van der Waals surface area contributed by atoms with E-state index in [2.05, 4.69) is 0 Å². The standard InChI is InChI=1S/C32H28N2O5S/c1-3-36-30(21-10-7-11-21)28-19(2)33-32-34(29(28)22-12-14-25-26(16-22)38-18-37-25)31(35)27(40-32)17-23-13-15-24(39-23)20-8-5-4-6-9-20/h4-6,8-9,12-17,29H,3,7,10-11,18H2,1-2H3/b27-17-. The summed E-state index contributed by atoms with van der Waals surface area (Å²) in [7, 11) is 0. The SMILES string of the molecule is CCOC(=C1CCC1)C1=C(C)N=c2s/c(=C\c3ccc(-c4ccccc4)o3)c(=O)n2C1c1ccc2c(c1)OCO2. The highest BCUT2D eigenvalue weighted by Gasteiger charge is 2.34. The number of rotatable bonds is 6. The number of thiazole rings is 1. The van der Waals surface area contributed by atoms with Crippen LogP contribution in [0, 0.1) is 0 Å². The number of furan rings is 1. The molecule has 1 saturated carbocycles. The molecule has 1 aliphatic carbocycles. The zero-order valence-corrected chi connectivity index (χ0v) is 23.1. The van der Waals surface area contributed by atoms with Gasteiger partial charge in [0.25, 0.3) is 5.56 Å². The molecule has 7 rings (SSSR count). The smallest absolute Gasteiger partial charge is 0.271 e. The van der Waals surface area contributed by atoms with Crippen molar-refractivity contribution < 1.29 is 18.6 Å². The van der Waals surface area contributed by atoms with Crippen LogP contribution in [0.4, 0.5) is 0 Å². The summed E-state index contributed by atoms with van der Waals surface area (Å²) in [6, 6.07) is 19.2. The van der Waals surface area contributed by atoms with Crippen LogP contribution in [0.3, 0.4) is 0 Å². The number of aromatic nitrogens is 1. The van der Waals surface area contributed by atoms with Crippen molar-refractivity contribution in [1.29, 1.82) is 0 Å². The molecule has 0 N–H and O–H groups in total. The van der Waals surface area contributed by atoms with Gasteiger partial charge in [-0.1, -0.05) is 47.7 Å². The number of fused-ring (bicyclic) bond motifs is 2. The monoisotopic (exact) mass is 552 g/mol. The van der Waals surface area contributed by atoms with Gasteiger partial charge >= 0.3 is 0 Å². The van der Waals surface area contributed by atoms with E-state index in [0.717, 1.165) is 53.2 Å². The van der Waals surface area contributed by atoms with Gasteiger partial charge in [-0.25, -0.2) is 4.99 Å². The van der Waals surface area contributed by atoms with Crippen LogP contribution in [0.1, 0.15) is 50.5 Å². The topological polar surface area (TPSA) is 75.2 Å². The molecule has 0 amide bonds. The normalized spacial score (nSPS) is 17.9. The molecule has 1 unspecified atom stereocenters. The van der Waals surface area contributed by atoms with Gasteiger partial charge in [-0.15, -0.1) is 0 Å². The molecular weight excluding hydrogens is 524 g/mol. The van der Waals surface area contributed by atoms with E-state index in [1.807, 2.05) is 74.5 Å². The zero-order valence-electron chi connectivity index (χ0n) is 22.3. The van der Waals surface area contributed by atoms with E-state index in [-0.39, 0.29) is 12.4 Å². The Morgan fingerprint density at radius 2 is 1.93 bits per heavy atom. The van der Waals surface area contributed by atoms with E-state index < -0.39 is 6.04 Å². The largest absolute Gasteiger partial charge is 0.493 e. The maximum absolute atomic E-state index is 14.1. The number of hydrogen-bond acceptors (Lipinski definition) is 7. The summed E-state index contributed by atoms with van der Waals surface area (Å²) in [5.41, 5.74) is 4.84. The van der Waals surface area contributed by atoms with E-state index in [9.17, 15) is 4.79 Å². The molecule has 4 heterocycles. The van der Waals surface area contributed by atoms with E-state index >= 15 is 0 Å². The van der Waals surface area contributed by atoms with Gasteiger partial charge in [0.15, 0.2) is 16.3 Å². The third-order valence-corrected chi connectivity index (χ3v) is 8.49. The van der Waals surface area contributed by atoms with E-state index in [1.54, 1.807) is 10.6 Å². The van der Waals surface area contributed by atoms with Gasteiger partial charge in [-0.2, -0.15) is 0 Å². The van der Waals surface area contributed by atoms with Crippen molar-refractivity contribution in [3.05, 3.63) is 114 Å². The molecule has 1 fully saturated rings. The maximum atomic E-state index is 14.1. The Kier molecular flexibility index (Phi) is 6.20. The summed E-state index contributed by atoms with van der Waals surface area (Å²) in [5.74, 6) is 3.61. The van der Waals surface area contributed by atoms with Crippen molar-refractivity contribution in [2.45, 2.75) is 39.2 Å². The molecule has 2 aromatic carbocycles. The first-order chi connectivity index (χ1) is 19.6. The van der Waals surface area contributed by atoms with Crippen LogP contribution in [0.5, 0.6) is 11.5 Å². The molecule has 7 nitrogen and oxygen atoms in total. The number of allylic oxidation sites excluding steroid dienone is 3. The maximum Gasteiger partial charge on any atom is 0.271 e. The molecular formula is C32H28N2O5S. The third kappa shape index (κ3) is 4.19. The number of nitrogens with zero attached hydrogens (tertiary/aromatic N) is 2. The number of hydrogen-bond donors (Lipinski definition) is 0. The van der Waals surface area contributed by atoms with Gasteiger partial charge in [-0.05, 0) is 68.5 Å². The van der Waals surface area contributed by atoms with Crippen LogP contribution >= 0.6 is 11.3 Å². The Morgan fingerprint density at radius 3 is 2.70 bits per heavy atom. The highest BCUT2D eigenvalue weighted by Crippen LogP contribution is 2.43. The molecule has 2 aromatic heterocycles. The first-order valence-corrected chi connectivity index (χ1v) is 14.3. The first-order valence-electron chi connectivity index (χ1n) is 13.5. The van der Waals surface area contributed by atoms with Crippen molar-refractivity contribution in [1.82, 2.24) is 4.57 Å². The van der Waals surface area contributed by atoms with E-state index in [1.165, 1.54) is 16.9 Å². The Bertz CT molecular complexity index is 1850. The lowest BCUT2D eigenvalue weighted by Crippen LogP contribution is -2.39. The summed E-state index contributed by atoms with van der Waals surface area (Å²) in [6.07, 6.45) is 4.93. The van der Waals surface area contributed by atoms with Crippen molar-refractivity contribution in [3.63, 3.8) is 0 Å². The molecule has 8 heteroatoms. The first kappa shape index (κ1) is 24.7. The lowest BCUT2D eigenvalue weighted by Gasteiger charge is -2.31. The fourth-order valence-corrected chi connectivity index (χ4v) is 6.45. The van der Waals surface area contributed by atoms with Crippen LogP contribution in [0.2, 0.25) is 0 Å². The molecule has 0 bridgehead atoms. The Balaban J connectivity index is 1.39. The van der Waals surface area contributed by atoms with E-state index in [4.69, 9.17) is 23.6 Å². The second-order valence-electron chi connectivity index (χ2n) is 9.98. The van der Waals surface area contributed by atoms with Crippen molar-refractivity contribution in [3.8, 4) is 22.8 Å².